The van der Waals surface area contributed by atoms with Crippen molar-refractivity contribution < 1.29 is 9.53 Å². The van der Waals surface area contributed by atoms with E-state index < -0.39 is 0 Å². The van der Waals surface area contributed by atoms with E-state index >= 15 is 0 Å². The topological polar surface area (TPSA) is 32.8 Å². The Balaban J connectivity index is 1.35. The Labute approximate surface area is 163 Å². The van der Waals surface area contributed by atoms with Gasteiger partial charge in [-0.15, -0.1) is 0 Å². The van der Waals surface area contributed by atoms with Crippen molar-refractivity contribution in [1.82, 2.24) is 9.80 Å². The van der Waals surface area contributed by atoms with Crippen LogP contribution in [0.15, 0.2) is 24.3 Å². The Morgan fingerprint density at radius 1 is 0.963 bits per heavy atom. The fourth-order valence-corrected chi connectivity index (χ4v) is 5.43. The zero-order valence-electron chi connectivity index (χ0n) is 16.7. The zero-order chi connectivity index (χ0) is 18.6. The number of ether oxygens (including phenoxy) is 1. The summed E-state index contributed by atoms with van der Waals surface area (Å²) in [4.78, 5) is 17.8. The van der Waals surface area contributed by atoms with E-state index in [1.165, 1.54) is 50.5 Å². The van der Waals surface area contributed by atoms with Crippen LogP contribution < -0.4 is 4.74 Å². The highest BCUT2D eigenvalue weighted by molar-refractivity contribution is 5.77. The molecule has 0 N–H and O–H groups in total. The van der Waals surface area contributed by atoms with Crippen molar-refractivity contribution in [2.45, 2.75) is 64.0 Å². The largest absolute Gasteiger partial charge is 0.497 e. The van der Waals surface area contributed by atoms with Gasteiger partial charge < -0.3 is 9.64 Å². The van der Waals surface area contributed by atoms with Crippen LogP contribution in [0.2, 0.25) is 0 Å². The Morgan fingerprint density at radius 3 is 2.44 bits per heavy atom. The summed E-state index contributed by atoms with van der Waals surface area (Å²) >= 11 is 0. The molecule has 0 spiro atoms. The molecule has 1 aromatic carbocycles. The third-order valence-electron chi connectivity index (χ3n) is 7.05. The van der Waals surface area contributed by atoms with Crippen molar-refractivity contribution in [3.05, 3.63) is 29.8 Å². The first-order chi connectivity index (χ1) is 13.2. The van der Waals surface area contributed by atoms with Gasteiger partial charge in [0.15, 0.2) is 0 Å². The minimum Gasteiger partial charge on any atom is -0.497 e. The summed E-state index contributed by atoms with van der Waals surface area (Å²) in [7, 11) is 1.71. The van der Waals surface area contributed by atoms with Gasteiger partial charge in [-0.25, -0.2) is 0 Å². The number of nitrogens with zero attached hydrogens (tertiary/aromatic N) is 2. The molecule has 27 heavy (non-hydrogen) atoms. The zero-order valence-corrected chi connectivity index (χ0v) is 16.7. The maximum Gasteiger partial charge on any atom is 0.223 e. The van der Waals surface area contributed by atoms with Crippen LogP contribution in [-0.2, 0) is 11.3 Å². The quantitative estimate of drug-likeness (QED) is 0.800. The molecule has 2 atom stereocenters. The number of methoxy groups -OCH3 is 1. The minimum absolute atomic E-state index is 0.443. The third kappa shape index (κ3) is 4.48. The molecule has 2 aliphatic heterocycles. The van der Waals surface area contributed by atoms with Crippen LogP contribution >= 0.6 is 0 Å². The van der Waals surface area contributed by atoms with Gasteiger partial charge in [0.25, 0.3) is 0 Å². The van der Waals surface area contributed by atoms with Gasteiger partial charge in [0.05, 0.1) is 7.11 Å². The molecule has 2 saturated heterocycles. The number of fused-ring (bicyclic) bond motifs is 1. The molecule has 0 aromatic heterocycles. The second kappa shape index (κ2) is 8.64. The summed E-state index contributed by atoms with van der Waals surface area (Å²) in [6, 6.07) is 8.98. The number of hydrogen-bond acceptors (Lipinski definition) is 3. The van der Waals surface area contributed by atoms with Gasteiger partial charge in [0.2, 0.25) is 5.91 Å². The minimum atomic E-state index is 0.443. The molecule has 1 saturated carbocycles. The number of hydrogen-bond donors (Lipinski definition) is 0. The first kappa shape index (κ1) is 18.8. The molecule has 0 bridgehead atoms. The van der Waals surface area contributed by atoms with Crippen molar-refractivity contribution in [2.24, 2.45) is 11.8 Å². The van der Waals surface area contributed by atoms with Crippen LogP contribution in [0.3, 0.4) is 0 Å². The van der Waals surface area contributed by atoms with Crippen molar-refractivity contribution in [3.63, 3.8) is 0 Å². The van der Waals surface area contributed by atoms with Gasteiger partial charge in [-0.1, -0.05) is 31.4 Å². The Kier molecular flexibility index (Phi) is 6.01. The number of benzene rings is 1. The van der Waals surface area contributed by atoms with E-state index in [0.717, 1.165) is 38.3 Å². The van der Waals surface area contributed by atoms with E-state index in [9.17, 15) is 4.79 Å². The van der Waals surface area contributed by atoms with Crippen molar-refractivity contribution in [3.8, 4) is 5.75 Å². The fraction of sp³-hybridized carbons (Fsp3) is 0.696. The van der Waals surface area contributed by atoms with Gasteiger partial charge in [-0.05, 0) is 61.8 Å². The molecule has 148 valence electrons. The van der Waals surface area contributed by atoms with E-state index in [1.54, 1.807) is 7.11 Å². The molecule has 1 amide bonds. The highest BCUT2D eigenvalue weighted by atomic mass is 16.5. The number of piperidine rings is 1. The molecule has 0 radical (unpaired) electrons. The maximum absolute atomic E-state index is 12.9. The average molecular weight is 371 g/mol. The second-order valence-corrected chi connectivity index (χ2v) is 8.76. The average Bonchev–Trinajstić information content (AvgIpc) is 2.87. The van der Waals surface area contributed by atoms with Crippen LogP contribution in [0.5, 0.6) is 5.75 Å². The molecule has 0 unspecified atom stereocenters. The number of carbonyl (C=O) groups is 1. The van der Waals surface area contributed by atoms with Gasteiger partial charge in [-0.3, -0.25) is 9.69 Å². The Bertz CT molecular complexity index is 624. The summed E-state index contributed by atoms with van der Waals surface area (Å²) in [6.07, 6.45) is 9.56. The summed E-state index contributed by atoms with van der Waals surface area (Å²) in [5.41, 5.74) is 1.35. The van der Waals surface area contributed by atoms with Crippen LogP contribution in [-0.4, -0.2) is 48.5 Å². The third-order valence-corrected chi connectivity index (χ3v) is 7.05. The molecule has 4 heteroatoms. The van der Waals surface area contributed by atoms with Crippen molar-refractivity contribution in [1.29, 1.82) is 0 Å². The van der Waals surface area contributed by atoms with Crippen LogP contribution in [0.4, 0.5) is 0 Å². The summed E-state index contributed by atoms with van der Waals surface area (Å²) in [5, 5.41) is 0. The standard InChI is InChI=1S/C23H34N2O2/c1-27-22-9-7-18(8-10-22)16-24-13-11-19-15-23(26)25(14-12-20(19)17-24)21-5-3-2-4-6-21/h7-10,19-21H,2-6,11-17H2,1H3/t19-,20-/m0/s1. The van der Waals surface area contributed by atoms with Crippen LogP contribution in [0.1, 0.15) is 56.9 Å². The van der Waals surface area contributed by atoms with E-state index in [4.69, 9.17) is 4.74 Å². The van der Waals surface area contributed by atoms with Gasteiger partial charge in [0.1, 0.15) is 5.75 Å². The van der Waals surface area contributed by atoms with Crippen LogP contribution in [0.25, 0.3) is 0 Å². The smallest absolute Gasteiger partial charge is 0.223 e. The van der Waals surface area contributed by atoms with Crippen molar-refractivity contribution in [2.75, 3.05) is 26.7 Å². The molecular weight excluding hydrogens is 336 g/mol. The van der Waals surface area contributed by atoms with E-state index in [-0.39, 0.29) is 0 Å². The molecule has 1 aromatic rings. The number of likely N-dealkylation sites (tertiary alicyclic amines) is 2. The van der Waals surface area contributed by atoms with Gasteiger partial charge in [0, 0.05) is 32.1 Å². The maximum atomic E-state index is 12.9. The molecule has 4 nitrogen and oxygen atoms in total. The molecule has 2 heterocycles. The lowest BCUT2D eigenvalue weighted by Gasteiger charge is -2.37. The Hall–Kier alpha value is -1.55. The lowest BCUT2D eigenvalue weighted by atomic mass is 9.82. The molecule has 4 rings (SSSR count). The predicted molar refractivity (Wildman–Crippen MR) is 108 cm³/mol. The van der Waals surface area contributed by atoms with Gasteiger partial charge in [-0.2, -0.15) is 0 Å². The number of amides is 1. The molecule has 3 fully saturated rings. The molecule has 1 aliphatic carbocycles. The summed E-state index contributed by atoms with van der Waals surface area (Å²) in [5.74, 6) is 2.63. The van der Waals surface area contributed by atoms with E-state index in [0.29, 0.717) is 23.8 Å². The molecular formula is C23H34N2O2. The second-order valence-electron chi connectivity index (χ2n) is 8.76. The number of rotatable bonds is 4. The lowest BCUT2D eigenvalue weighted by Crippen LogP contribution is -2.41. The van der Waals surface area contributed by atoms with E-state index in [2.05, 4.69) is 34.1 Å². The van der Waals surface area contributed by atoms with Crippen LogP contribution in [0, 0.1) is 11.8 Å². The normalized spacial score (nSPS) is 27.9. The SMILES string of the molecule is COc1ccc(CN2CC[C@H]3CC(=O)N(C4CCCCC4)CC[C@H]3C2)cc1. The first-order valence-corrected chi connectivity index (χ1v) is 10.9. The predicted octanol–water partition coefficient (Wildman–Crippen LogP) is 4.09. The summed E-state index contributed by atoms with van der Waals surface area (Å²) in [6.45, 7) is 4.25. The summed E-state index contributed by atoms with van der Waals surface area (Å²) < 4.78 is 5.26. The van der Waals surface area contributed by atoms with E-state index in [1.807, 2.05) is 0 Å². The monoisotopic (exact) mass is 370 g/mol. The molecule has 3 aliphatic rings. The van der Waals surface area contributed by atoms with Crippen molar-refractivity contribution >= 4 is 5.91 Å². The highest BCUT2D eigenvalue weighted by Crippen LogP contribution is 2.35. The number of carbonyl (C=O) groups excluding carboxylic acids is 1. The highest BCUT2D eigenvalue weighted by Gasteiger charge is 2.37. The van der Waals surface area contributed by atoms with Gasteiger partial charge >= 0.3 is 0 Å². The lowest BCUT2D eigenvalue weighted by molar-refractivity contribution is -0.134. The first-order valence-electron chi connectivity index (χ1n) is 10.9. The fourth-order valence-electron chi connectivity index (χ4n) is 5.43. The Morgan fingerprint density at radius 2 is 1.70 bits per heavy atom.